The maximum atomic E-state index is 14.3. The first kappa shape index (κ1) is 33.7. The van der Waals surface area contributed by atoms with Crippen molar-refractivity contribution in [2.45, 2.75) is 46.8 Å². The Morgan fingerprint density at radius 3 is 2.41 bits per heavy atom. The molecule has 0 radical (unpaired) electrons. The van der Waals surface area contributed by atoms with Gasteiger partial charge in [-0.3, -0.25) is 9.97 Å². The Balaban J connectivity index is 0.00000141. The number of benzene rings is 1. The van der Waals surface area contributed by atoms with Crippen molar-refractivity contribution in [3.05, 3.63) is 66.2 Å². The van der Waals surface area contributed by atoms with Crippen LogP contribution in [0.3, 0.4) is 0 Å². The monoisotopic (exact) mass is 604 g/mol. The molecule has 4 aromatic rings. The Morgan fingerprint density at radius 1 is 1.07 bits per heavy atom. The first-order chi connectivity index (χ1) is 19.6. The SMILES string of the molecule is CC.CCl.COCCN(Cc1ccc(-c2cc3nccc(Oc4ccc(N)cc4F)c3s2)nc1)C(=O)OC(C)(C)C. The van der Waals surface area contributed by atoms with Crippen LogP contribution in [0.1, 0.15) is 40.2 Å². The molecule has 0 unspecified atom stereocenters. The van der Waals surface area contributed by atoms with Gasteiger partial charge in [0.2, 0.25) is 0 Å². The van der Waals surface area contributed by atoms with Crippen LogP contribution in [0.5, 0.6) is 11.5 Å². The summed E-state index contributed by atoms with van der Waals surface area (Å²) in [5.41, 5.74) is 7.68. The second-order valence-corrected chi connectivity index (χ2v) is 10.4. The van der Waals surface area contributed by atoms with Gasteiger partial charge in [0.15, 0.2) is 11.6 Å². The van der Waals surface area contributed by atoms with E-state index in [1.54, 1.807) is 36.5 Å². The summed E-state index contributed by atoms with van der Waals surface area (Å²) in [4.78, 5) is 24.1. The zero-order valence-electron chi connectivity index (χ0n) is 24.5. The van der Waals surface area contributed by atoms with Crippen molar-refractivity contribution in [2.75, 3.05) is 32.4 Å². The zero-order valence-corrected chi connectivity index (χ0v) is 26.1. The average molecular weight is 605 g/mol. The van der Waals surface area contributed by atoms with Gasteiger partial charge in [-0.25, -0.2) is 9.18 Å². The molecule has 222 valence electrons. The Bertz CT molecular complexity index is 1390. The van der Waals surface area contributed by atoms with Crippen molar-refractivity contribution in [3.63, 3.8) is 0 Å². The molecular weight excluding hydrogens is 567 g/mol. The van der Waals surface area contributed by atoms with Crippen LogP contribution >= 0.6 is 22.9 Å². The summed E-state index contributed by atoms with van der Waals surface area (Å²) in [5.74, 6) is 0.0414. The van der Waals surface area contributed by atoms with Gasteiger partial charge in [-0.15, -0.1) is 22.9 Å². The fourth-order valence-electron chi connectivity index (χ4n) is 3.49. The third-order valence-electron chi connectivity index (χ3n) is 5.22. The highest BCUT2D eigenvalue weighted by Gasteiger charge is 2.22. The van der Waals surface area contributed by atoms with Crippen molar-refractivity contribution >= 4 is 44.9 Å². The largest absolute Gasteiger partial charge is 0.453 e. The van der Waals surface area contributed by atoms with Gasteiger partial charge in [0, 0.05) is 50.3 Å². The van der Waals surface area contributed by atoms with Crippen molar-refractivity contribution in [3.8, 4) is 22.1 Å². The lowest BCUT2D eigenvalue weighted by Crippen LogP contribution is -2.38. The number of nitrogen functional groups attached to an aromatic ring is 1. The smallest absolute Gasteiger partial charge is 0.410 e. The van der Waals surface area contributed by atoms with Gasteiger partial charge >= 0.3 is 6.09 Å². The molecule has 0 aliphatic carbocycles. The normalized spacial score (nSPS) is 10.7. The summed E-state index contributed by atoms with van der Waals surface area (Å²) < 4.78 is 31.6. The summed E-state index contributed by atoms with van der Waals surface area (Å²) in [6.45, 7) is 10.6. The maximum absolute atomic E-state index is 14.3. The molecule has 0 bridgehead atoms. The van der Waals surface area contributed by atoms with E-state index in [-0.39, 0.29) is 5.75 Å². The van der Waals surface area contributed by atoms with Gasteiger partial charge in [-0.1, -0.05) is 19.9 Å². The Hall–Kier alpha value is -3.47. The Kier molecular flexibility index (Phi) is 13.2. The number of anilines is 1. The molecule has 0 saturated heterocycles. The molecule has 0 saturated carbocycles. The fourth-order valence-corrected chi connectivity index (χ4v) is 4.53. The van der Waals surface area contributed by atoms with Crippen LogP contribution in [-0.2, 0) is 16.0 Å². The summed E-state index contributed by atoms with van der Waals surface area (Å²) in [7, 11) is 1.59. The fraction of sp³-hybridized carbons (Fsp3) is 0.367. The highest BCUT2D eigenvalue weighted by Crippen LogP contribution is 2.39. The molecule has 0 aliphatic rings. The molecule has 0 aliphatic heterocycles. The van der Waals surface area contributed by atoms with Gasteiger partial charge in [0.1, 0.15) is 11.4 Å². The van der Waals surface area contributed by atoms with Gasteiger partial charge in [0.25, 0.3) is 0 Å². The Morgan fingerprint density at radius 2 is 1.80 bits per heavy atom. The summed E-state index contributed by atoms with van der Waals surface area (Å²) in [5, 5.41) is 0. The number of carbonyl (C=O) groups is 1. The number of amides is 1. The number of aromatic nitrogens is 2. The van der Waals surface area contributed by atoms with Gasteiger partial charge < -0.3 is 24.8 Å². The van der Waals surface area contributed by atoms with E-state index >= 15 is 0 Å². The van der Waals surface area contributed by atoms with E-state index in [1.807, 2.05) is 52.8 Å². The van der Waals surface area contributed by atoms with E-state index in [0.717, 1.165) is 26.4 Å². The number of pyridine rings is 2. The molecule has 1 amide bonds. The molecule has 41 heavy (non-hydrogen) atoms. The van der Waals surface area contributed by atoms with E-state index in [0.29, 0.717) is 31.1 Å². The molecule has 3 aromatic heterocycles. The molecule has 1 aromatic carbocycles. The lowest BCUT2D eigenvalue weighted by Gasteiger charge is -2.27. The number of ether oxygens (including phenoxy) is 3. The topological polar surface area (TPSA) is 99.8 Å². The predicted molar refractivity (Wildman–Crippen MR) is 165 cm³/mol. The maximum Gasteiger partial charge on any atom is 0.410 e. The van der Waals surface area contributed by atoms with Crippen molar-refractivity contribution < 1.29 is 23.4 Å². The summed E-state index contributed by atoms with van der Waals surface area (Å²) in [6, 6.07) is 11.7. The second kappa shape index (κ2) is 16.1. The zero-order chi connectivity index (χ0) is 30.6. The van der Waals surface area contributed by atoms with Crippen LogP contribution in [0, 0.1) is 5.82 Å². The molecular formula is C30H38ClFN4O4S. The van der Waals surface area contributed by atoms with E-state index in [2.05, 4.69) is 21.6 Å². The van der Waals surface area contributed by atoms with Crippen LogP contribution < -0.4 is 10.5 Å². The van der Waals surface area contributed by atoms with Crippen molar-refractivity contribution in [2.24, 2.45) is 0 Å². The molecule has 11 heteroatoms. The predicted octanol–water partition coefficient (Wildman–Crippen LogP) is 8.14. The minimum atomic E-state index is -0.595. The number of nitrogens with two attached hydrogens (primary N) is 1. The van der Waals surface area contributed by atoms with E-state index in [4.69, 9.17) is 19.9 Å². The third kappa shape index (κ3) is 9.84. The standard InChI is InChI=1S/C27H29FN4O4S.C2H6.CH3Cl/c1-27(2,3)36-26(33)32(11-12-34-4)16-17-5-7-20(31-15-17)24-14-21-25(37-24)23(9-10-30-21)35-22-8-6-18(29)13-19(22)28;2*1-2/h5-10,13-15H,11-12,16,29H2,1-4H3;1-2H3;1H3. The van der Waals surface area contributed by atoms with E-state index in [1.165, 1.54) is 29.9 Å². The number of thiophene rings is 1. The van der Waals surface area contributed by atoms with Crippen LogP contribution in [-0.4, -0.2) is 53.2 Å². The number of hydrogen-bond donors (Lipinski definition) is 1. The first-order valence-corrected chi connectivity index (χ1v) is 14.6. The molecule has 2 N–H and O–H groups in total. The lowest BCUT2D eigenvalue weighted by molar-refractivity contribution is 0.0183. The highest BCUT2D eigenvalue weighted by atomic mass is 35.5. The van der Waals surface area contributed by atoms with Crippen LogP contribution in [0.25, 0.3) is 20.8 Å². The minimum Gasteiger partial charge on any atom is -0.453 e. The number of fused-ring (bicyclic) bond motifs is 1. The number of halogens is 2. The number of alkyl halides is 1. The quantitative estimate of drug-likeness (QED) is 0.160. The van der Waals surface area contributed by atoms with E-state index < -0.39 is 17.5 Å². The molecule has 3 heterocycles. The van der Waals surface area contributed by atoms with Gasteiger partial charge in [-0.05, 0) is 50.6 Å². The molecule has 0 spiro atoms. The van der Waals surface area contributed by atoms with Crippen LogP contribution in [0.15, 0.2) is 54.9 Å². The number of nitrogens with zero attached hydrogens (tertiary/aromatic N) is 3. The average Bonchev–Trinajstić information content (AvgIpc) is 3.39. The number of hydrogen-bond acceptors (Lipinski definition) is 8. The molecule has 8 nitrogen and oxygen atoms in total. The Labute approximate surface area is 250 Å². The van der Waals surface area contributed by atoms with Crippen LogP contribution in [0.4, 0.5) is 14.9 Å². The van der Waals surface area contributed by atoms with E-state index in [9.17, 15) is 9.18 Å². The summed E-state index contributed by atoms with van der Waals surface area (Å²) >= 11 is 6.09. The first-order valence-electron chi connectivity index (χ1n) is 13.0. The minimum absolute atomic E-state index is 0.0853. The highest BCUT2D eigenvalue weighted by molar-refractivity contribution is 7.22. The number of carbonyl (C=O) groups excluding carboxylic acids is 1. The summed E-state index contributed by atoms with van der Waals surface area (Å²) in [6.07, 6.45) is 4.41. The lowest BCUT2D eigenvalue weighted by atomic mass is 10.2. The second-order valence-electron chi connectivity index (χ2n) is 9.37. The molecule has 0 fully saturated rings. The number of methoxy groups -OCH3 is 1. The van der Waals surface area contributed by atoms with Gasteiger partial charge in [-0.2, -0.15) is 0 Å². The number of rotatable bonds is 8. The molecule has 4 rings (SSSR count). The van der Waals surface area contributed by atoms with Gasteiger partial charge in [0.05, 0.1) is 33.9 Å². The van der Waals surface area contributed by atoms with Crippen molar-refractivity contribution in [1.82, 2.24) is 14.9 Å². The van der Waals surface area contributed by atoms with Crippen LogP contribution in [0.2, 0.25) is 0 Å². The third-order valence-corrected chi connectivity index (χ3v) is 6.38. The van der Waals surface area contributed by atoms with Crippen molar-refractivity contribution in [1.29, 1.82) is 0 Å². The molecule has 0 atom stereocenters.